The van der Waals surface area contributed by atoms with E-state index in [1.54, 1.807) is 0 Å². The molecule has 0 heterocycles. The van der Waals surface area contributed by atoms with Crippen LogP contribution in [0, 0.1) is 17.8 Å². The first-order valence-electron chi connectivity index (χ1n) is 3.41. The second kappa shape index (κ2) is 5.75. The number of ether oxygens (including phenoxy) is 1. The maximum atomic E-state index is 9.92. The standard InChI is InChI=1S/C8H12O3/c1-7(2)4-3-5-11-6-8(9)10/h7H,5-6H2,1-2H3,(H,9,10). The van der Waals surface area contributed by atoms with Gasteiger partial charge in [-0.1, -0.05) is 25.7 Å². The lowest BCUT2D eigenvalue weighted by Gasteiger charge is -1.92. The van der Waals surface area contributed by atoms with Crippen molar-refractivity contribution in [2.75, 3.05) is 13.2 Å². The van der Waals surface area contributed by atoms with E-state index in [1.807, 2.05) is 13.8 Å². The number of hydrogen-bond donors (Lipinski definition) is 1. The number of rotatable bonds is 3. The van der Waals surface area contributed by atoms with Gasteiger partial charge in [0.05, 0.1) is 0 Å². The van der Waals surface area contributed by atoms with Crippen molar-refractivity contribution in [2.45, 2.75) is 13.8 Å². The monoisotopic (exact) mass is 156 g/mol. The van der Waals surface area contributed by atoms with E-state index in [0.717, 1.165) is 0 Å². The summed E-state index contributed by atoms with van der Waals surface area (Å²) in [5.41, 5.74) is 0. The second-order valence-corrected chi connectivity index (χ2v) is 2.36. The minimum atomic E-state index is -0.962. The van der Waals surface area contributed by atoms with Crippen molar-refractivity contribution in [1.29, 1.82) is 0 Å². The van der Waals surface area contributed by atoms with Crippen LogP contribution in [0.1, 0.15) is 13.8 Å². The minimum absolute atomic E-state index is 0.199. The molecule has 0 saturated heterocycles. The zero-order valence-corrected chi connectivity index (χ0v) is 6.76. The predicted molar refractivity (Wildman–Crippen MR) is 41.1 cm³/mol. The first kappa shape index (κ1) is 9.99. The molecule has 0 aliphatic rings. The van der Waals surface area contributed by atoms with Crippen molar-refractivity contribution in [3.8, 4) is 11.8 Å². The molecule has 0 aromatic carbocycles. The summed E-state index contributed by atoms with van der Waals surface area (Å²) >= 11 is 0. The fraction of sp³-hybridized carbons (Fsp3) is 0.625. The minimum Gasteiger partial charge on any atom is -0.480 e. The normalized spacial score (nSPS) is 9.00. The molecule has 0 unspecified atom stereocenters. The van der Waals surface area contributed by atoms with Gasteiger partial charge in [0, 0.05) is 5.92 Å². The third-order valence-electron chi connectivity index (χ3n) is 0.791. The van der Waals surface area contributed by atoms with E-state index < -0.39 is 5.97 Å². The van der Waals surface area contributed by atoms with Gasteiger partial charge in [-0.15, -0.1) is 0 Å². The summed E-state index contributed by atoms with van der Waals surface area (Å²) in [6, 6.07) is 0. The van der Waals surface area contributed by atoms with Crippen molar-refractivity contribution in [3.63, 3.8) is 0 Å². The van der Waals surface area contributed by atoms with Crippen molar-refractivity contribution in [3.05, 3.63) is 0 Å². The Balaban J connectivity index is 3.29. The van der Waals surface area contributed by atoms with Crippen LogP contribution in [0.25, 0.3) is 0 Å². The van der Waals surface area contributed by atoms with Crippen molar-refractivity contribution in [2.24, 2.45) is 5.92 Å². The molecule has 11 heavy (non-hydrogen) atoms. The van der Waals surface area contributed by atoms with Crippen LogP contribution < -0.4 is 0 Å². The summed E-state index contributed by atoms with van der Waals surface area (Å²) in [4.78, 5) is 9.92. The van der Waals surface area contributed by atoms with E-state index >= 15 is 0 Å². The van der Waals surface area contributed by atoms with E-state index in [9.17, 15) is 4.79 Å². The van der Waals surface area contributed by atoms with Gasteiger partial charge in [0.1, 0.15) is 13.2 Å². The lowest BCUT2D eigenvalue weighted by molar-refractivity contribution is -0.141. The zero-order valence-electron chi connectivity index (χ0n) is 6.76. The maximum Gasteiger partial charge on any atom is 0.329 e. The summed E-state index contributed by atoms with van der Waals surface area (Å²) < 4.78 is 4.67. The van der Waals surface area contributed by atoms with E-state index in [4.69, 9.17) is 5.11 Å². The smallest absolute Gasteiger partial charge is 0.329 e. The van der Waals surface area contributed by atoms with Crippen LogP contribution in [-0.2, 0) is 9.53 Å². The maximum absolute atomic E-state index is 9.92. The fourth-order valence-electron chi connectivity index (χ4n) is 0.435. The average Bonchev–Trinajstić information content (AvgIpc) is 1.85. The third kappa shape index (κ3) is 8.99. The molecule has 0 saturated carbocycles. The molecule has 1 N–H and O–H groups in total. The number of hydrogen-bond acceptors (Lipinski definition) is 2. The highest BCUT2D eigenvalue weighted by Gasteiger charge is 1.92. The first-order valence-corrected chi connectivity index (χ1v) is 3.41. The van der Waals surface area contributed by atoms with Crippen LogP contribution in [-0.4, -0.2) is 24.3 Å². The molecule has 3 heteroatoms. The third-order valence-corrected chi connectivity index (χ3v) is 0.791. The Morgan fingerprint density at radius 2 is 2.27 bits per heavy atom. The van der Waals surface area contributed by atoms with Crippen LogP contribution in [0.4, 0.5) is 0 Å². The van der Waals surface area contributed by atoms with Gasteiger partial charge in [-0.05, 0) is 0 Å². The van der Waals surface area contributed by atoms with Crippen LogP contribution in [0.5, 0.6) is 0 Å². The number of carboxylic acids is 1. The topological polar surface area (TPSA) is 46.5 Å². The average molecular weight is 156 g/mol. The molecule has 0 radical (unpaired) electrons. The quantitative estimate of drug-likeness (QED) is 0.484. The Kier molecular flexibility index (Phi) is 5.22. The van der Waals surface area contributed by atoms with Crippen molar-refractivity contribution >= 4 is 5.97 Å². The molecule has 0 rings (SSSR count). The Morgan fingerprint density at radius 3 is 2.73 bits per heavy atom. The molecule has 0 bridgehead atoms. The molecule has 0 fully saturated rings. The Labute approximate surface area is 66.4 Å². The summed E-state index contributed by atoms with van der Waals surface area (Å²) in [5.74, 6) is 4.90. The molecule has 62 valence electrons. The van der Waals surface area contributed by atoms with Gasteiger partial charge in [0.2, 0.25) is 0 Å². The summed E-state index contributed by atoms with van der Waals surface area (Å²) in [6.45, 7) is 3.85. The molecule has 0 aromatic rings. The molecular formula is C8H12O3. The lowest BCUT2D eigenvalue weighted by Crippen LogP contribution is -2.06. The van der Waals surface area contributed by atoms with Crippen LogP contribution in [0.3, 0.4) is 0 Å². The van der Waals surface area contributed by atoms with Crippen LogP contribution in [0.15, 0.2) is 0 Å². The van der Waals surface area contributed by atoms with Gasteiger partial charge in [-0.25, -0.2) is 4.79 Å². The van der Waals surface area contributed by atoms with Gasteiger partial charge in [-0.2, -0.15) is 0 Å². The number of carboxylic acid groups (broad SMARTS) is 1. The van der Waals surface area contributed by atoms with E-state index in [-0.39, 0.29) is 13.2 Å². The molecule has 0 aliphatic heterocycles. The number of carbonyl (C=O) groups is 1. The Morgan fingerprint density at radius 1 is 1.64 bits per heavy atom. The van der Waals surface area contributed by atoms with Crippen molar-refractivity contribution < 1.29 is 14.6 Å². The highest BCUT2D eigenvalue weighted by atomic mass is 16.5. The Hall–Kier alpha value is -1.01. The lowest BCUT2D eigenvalue weighted by atomic mass is 10.2. The van der Waals surface area contributed by atoms with Crippen LogP contribution in [0.2, 0.25) is 0 Å². The molecule has 0 spiro atoms. The van der Waals surface area contributed by atoms with Crippen molar-refractivity contribution in [1.82, 2.24) is 0 Å². The van der Waals surface area contributed by atoms with E-state index in [1.165, 1.54) is 0 Å². The predicted octanol–water partition coefficient (Wildman–Crippen LogP) is 0.747. The SMILES string of the molecule is CC(C)C#CCOCC(=O)O. The Bertz CT molecular complexity index is 174. The van der Waals surface area contributed by atoms with Gasteiger partial charge in [0.25, 0.3) is 0 Å². The zero-order chi connectivity index (χ0) is 8.69. The molecule has 0 aliphatic carbocycles. The van der Waals surface area contributed by atoms with Gasteiger partial charge in [-0.3, -0.25) is 0 Å². The number of aliphatic carboxylic acids is 1. The van der Waals surface area contributed by atoms with Gasteiger partial charge < -0.3 is 9.84 Å². The summed E-state index contributed by atoms with van der Waals surface area (Å²) in [6.07, 6.45) is 0. The highest BCUT2D eigenvalue weighted by Crippen LogP contribution is 1.85. The van der Waals surface area contributed by atoms with Gasteiger partial charge in [0.15, 0.2) is 0 Å². The van der Waals surface area contributed by atoms with Crippen LogP contribution >= 0.6 is 0 Å². The fourth-order valence-corrected chi connectivity index (χ4v) is 0.435. The summed E-state index contributed by atoms with van der Waals surface area (Å²) in [5, 5.41) is 8.15. The van der Waals surface area contributed by atoms with E-state index in [0.29, 0.717) is 5.92 Å². The largest absolute Gasteiger partial charge is 0.480 e. The molecule has 0 atom stereocenters. The summed E-state index contributed by atoms with van der Waals surface area (Å²) in [7, 11) is 0. The van der Waals surface area contributed by atoms with E-state index in [2.05, 4.69) is 16.6 Å². The highest BCUT2D eigenvalue weighted by molar-refractivity contribution is 5.68. The first-order chi connectivity index (χ1) is 5.13. The van der Waals surface area contributed by atoms with Gasteiger partial charge >= 0.3 is 5.97 Å². The second-order valence-electron chi connectivity index (χ2n) is 2.36. The molecule has 0 amide bonds. The molecule has 3 nitrogen and oxygen atoms in total. The molecule has 0 aromatic heterocycles. The molecular weight excluding hydrogens is 144 g/mol.